The molecular weight excluding hydrogens is 387 g/mol. The quantitative estimate of drug-likeness (QED) is 0.489. The summed E-state index contributed by atoms with van der Waals surface area (Å²) in [5.74, 6) is 0. The minimum Gasteiger partial charge on any atom is -0.294 e. The molecule has 0 fully saturated rings. The lowest BCUT2D eigenvalue weighted by atomic mass is 10.0. The molecule has 0 unspecified atom stereocenters. The van der Waals surface area contributed by atoms with Crippen molar-refractivity contribution >= 4 is 45.0 Å². The maximum absolute atomic E-state index is 12.2. The van der Waals surface area contributed by atoms with Crippen molar-refractivity contribution in [1.29, 1.82) is 0 Å². The van der Waals surface area contributed by atoms with Crippen LogP contribution in [-0.4, -0.2) is 9.55 Å². The van der Waals surface area contributed by atoms with E-state index in [4.69, 9.17) is 11.6 Å². The van der Waals surface area contributed by atoms with Crippen LogP contribution in [0.4, 0.5) is 0 Å². The molecule has 0 saturated carbocycles. The van der Waals surface area contributed by atoms with E-state index < -0.39 is 0 Å². The fraction of sp³-hybridized carbons (Fsp3) is 0.0667. The lowest BCUT2D eigenvalue weighted by Crippen LogP contribution is -2.23. The van der Waals surface area contributed by atoms with Crippen molar-refractivity contribution in [2.75, 3.05) is 0 Å². The highest BCUT2D eigenvalue weighted by atomic mass is 127. The van der Waals surface area contributed by atoms with E-state index in [2.05, 4.69) is 23.2 Å². The zero-order chi connectivity index (χ0) is 14.1. The Hall–Kier alpha value is -1.40. The van der Waals surface area contributed by atoms with Crippen LogP contribution in [0.1, 0.15) is 5.56 Å². The van der Waals surface area contributed by atoms with Crippen molar-refractivity contribution in [3.05, 3.63) is 73.4 Å². The van der Waals surface area contributed by atoms with Gasteiger partial charge < -0.3 is 0 Å². The van der Waals surface area contributed by atoms with Crippen molar-refractivity contribution in [2.45, 2.75) is 6.54 Å². The topological polar surface area (TPSA) is 34.9 Å². The highest BCUT2D eigenvalue weighted by Crippen LogP contribution is 2.19. The molecular formula is C15H10ClIN2O. The van der Waals surface area contributed by atoms with Crippen LogP contribution in [-0.2, 0) is 6.54 Å². The zero-order valence-electron chi connectivity index (χ0n) is 10.4. The zero-order valence-corrected chi connectivity index (χ0v) is 13.3. The molecule has 5 heteroatoms. The lowest BCUT2D eigenvalue weighted by molar-refractivity contribution is 0.734. The van der Waals surface area contributed by atoms with Gasteiger partial charge in [0.05, 0.1) is 12.9 Å². The third kappa shape index (κ3) is 2.45. The van der Waals surface area contributed by atoms with Crippen LogP contribution in [0.2, 0.25) is 5.15 Å². The molecule has 0 atom stereocenters. The van der Waals surface area contributed by atoms with Gasteiger partial charge in [-0.25, -0.2) is 4.98 Å². The van der Waals surface area contributed by atoms with E-state index in [1.807, 2.05) is 46.9 Å². The monoisotopic (exact) mass is 396 g/mol. The first-order chi connectivity index (χ1) is 9.66. The highest BCUT2D eigenvalue weighted by Gasteiger charge is 2.08. The van der Waals surface area contributed by atoms with E-state index in [1.54, 1.807) is 4.57 Å². The fourth-order valence-corrected chi connectivity index (χ4v) is 2.74. The summed E-state index contributed by atoms with van der Waals surface area (Å²) >= 11 is 7.78. The Morgan fingerprint density at radius 1 is 1.15 bits per heavy atom. The maximum Gasteiger partial charge on any atom is 0.268 e. The number of halogens is 2. The van der Waals surface area contributed by atoms with Crippen molar-refractivity contribution in [3.63, 3.8) is 0 Å². The molecule has 0 radical (unpaired) electrons. The Kier molecular flexibility index (Phi) is 3.76. The van der Waals surface area contributed by atoms with E-state index in [0.717, 1.165) is 16.3 Å². The molecule has 0 bridgehead atoms. The first kappa shape index (κ1) is 13.6. The van der Waals surface area contributed by atoms with E-state index in [0.29, 0.717) is 10.1 Å². The van der Waals surface area contributed by atoms with Gasteiger partial charge in [0.2, 0.25) is 0 Å². The van der Waals surface area contributed by atoms with Gasteiger partial charge in [0.1, 0.15) is 8.72 Å². The Bertz CT molecular complexity index is 839. The van der Waals surface area contributed by atoms with E-state index in [1.165, 1.54) is 6.33 Å². The third-order valence-corrected chi connectivity index (χ3v) is 4.74. The average Bonchev–Trinajstić information content (AvgIpc) is 2.48. The van der Waals surface area contributed by atoms with Crippen molar-refractivity contribution in [3.8, 4) is 0 Å². The predicted molar refractivity (Wildman–Crippen MR) is 89.3 cm³/mol. The second-order valence-corrected chi connectivity index (χ2v) is 5.86. The molecule has 20 heavy (non-hydrogen) atoms. The number of hydrogen-bond acceptors (Lipinski definition) is 2. The summed E-state index contributed by atoms with van der Waals surface area (Å²) in [6.45, 7) is 0.486. The van der Waals surface area contributed by atoms with Crippen molar-refractivity contribution < 1.29 is 0 Å². The Morgan fingerprint density at radius 2 is 1.90 bits per heavy atom. The van der Waals surface area contributed by atoms with Gasteiger partial charge in [0, 0.05) is 0 Å². The molecule has 100 valence electrons. The summed E-state index contributed by atoms with van der Waals surface area (Å²) in [5, 5.41) is 2.56. The first-order valence-corrected chi connectivity index (χ1v) is 7.49. The molecule has 0 N–H and O–H groups in total. The smallest absolute Gasteiger partial charge is 0.268 e. The second kappa shape index (κ2) is 5.54. The summed E-state index contributed by atoms with van der Waals surface area (Å²) in [6.07, 6.45) is 1.49. The summed E-state index contributed by atoms with van der Waals surface area (Å²) in [5.41, 5.74) is 0.976. The van der Waals surface area contributed by atoms with Gasteiger partial charge in [0.25, 0.3) is 5.56 Å². The molecule has 0 aliphatic carbocycles. The van der Waals surface area contributed by atoms with Crippen LogP contribution in [0.25, 0.3) is 10.8 Å². The maximum atomic E-state index is 12.2. The minimum absolute atomic E-state index is 0.112. The fourth-order valence-electron chi connectivity index (χ4n) is 2.17. The molecule has 0 aliphatic heterocycles. The number of rotatable bonds is 2. The SMILES string of the molecule is O=c1c(I)c(Cl)ncn1Cc1cccc2ccccc12. The number of hydrogen-bond donors (Lipinski definition) is 0. The van der Waals surface area contributed by atoms with Crippen LogP contribution in [0.3, 0.4) is 0 Å². The molecule has 0 aliphatic rings. The summed E-state index contributed by atoms with van der Waals surface area (Å²) in [7, 11) is 0. The normalized spacial score (nSPS) is 10.9. The largest absolute Gasteiger partial charge is 0.294 e. The predicted octanol–water partition coefficient (Wildman–Crippen LogP) is 3.70. The summed E-state index contributed by atoms with van der Waals surface area (Å²) < 4.78 is 2.03. The molecule has 2 aromatic carbocycles. The number of fused-ring (bicyclic) bond motifs is 1. The van der Waals surface area contributed by atoms with Gasteiger partial charge in [0.15, 0.2) is 0 Å². The van der Waals surface area contributed by atoms with Crippen LogP contribution < -0.4 is 5.56 Å². The van der Waals surface area contributed by atoms with Gasteiger partial charge in [-0.05, 0) is 38.9 Å². The molecule has 1 aromatic heterocycles. The Balaban J connectivity index is 2.11. The van der Waals surface area contributed by atoms with Crippen molar-refractivity contribution in [1.82, 2.24) is 9.55 Å². The second-order valence-electron chi connectivity index (χ2n) is 4.42. The van der Waals surface area contributed by atoms with Gasteiger partial charge >= 0.3 is 0 Å². The minimum atomic E-state index is -0.112. The summed E-state index contributed by atoms with van der Waals surface area (Å²) in [4.78, 5) is 16.2. The van der Waals surface area contributed by atoms with Crippen LogP contribution in [0, 0.1) is 3.57 Å². The standard InChI is InChI=1S/C15H10ClIN2O/c16-14-13(17)15(20)19(9-18-14)8-11-6-3-5-10-4-1-2-7-12(10)11/h1-7,9H,8H2. The molecule has 0 saturated heterocycles. The number of aromatic nitrogens is 2. The third-order valence-electron chi connectivity index (χ3n) is 3.16. The number of nitrogens with zero attached hydrogens (tertiary/aromatic N) is 2. The van der Waals surface area contributed by atoms with Crippen LogP contribution >= 0.6 is 34.2 Å². The van der Waals surface area contributed by atoms with E-state index in [-0.39, 0.29) is 10.7 Å². The van der Waals surface area contributed by atoms with E-state index in [9.17, 15) is 4.79 Å². The molecule has 3 rings (SSSR count). The van der Waals surface area contributed by atoms with Crippen LogP contribution in [0.5, 0.6) is 0 Å². The molecule has 3 aromatic rings. The molecule has 1 heterocycles. The highest BCUT2D eigenvalue weighted by molar-refractivity contribution is 14.1. The molecule has 0 spiro atoms. The van der Waals surface area contributed by atoms with Gasteiger partial charge in [-0.15, -0.1) is 0 Å². The molecule has 3 nitrogen and oxygen atoms in total. The molecule has 0 amide bonds. The lowest BCUT2D eigenvalue weighted by Gasteiger charge is -2.09. The van der Waals surface area contributed by atoms with Gasteiger partial charge in [-0.3, -0.25) is 9.36 Å². The first-order valence-electron chi connectivity index (χ1n) is 6.04. The van der Waals surface area contributed by atoms with Crippen molar-refractivity contribution in [2.24, 2.45) is 0 Å². The number of benzene rings is 2. The Labute approximate surface area is 134 Å². The van der Waals surface area contributed by atoms with Gasteiger partial charge in [-0.1, -0.05) is 54.1 Å². The van der Waals surface area contributed by atoms with Gasteiger partial charge in [-0.2, -0.15) is 0 Å². The Morgan fingerprint density at radius 3 is 2.75 bits per heavy atom. The van der Waals surface area contributed by atoms with Crippen LogP contribution in [0.15, 0.2) is 53.6 Å². The average molecular weight is 397 g/mol. The summed E-state index contributed by atoms with van der Waals surface area (Å²) in [6, 6.07) is 14.2. The van der Waals surface area contributed by atoms with E-state index >= 15 is 0 Å².